The molecule has 0 heterocycles. The van der Waals surface area contributed by atoms with Crippen LogP contribution in [0.5, 0.6) is 0 Å². The van der Waals surface area contributed by atoms with Gasteiger partial charge in [-0.2, -0.15) is 0 Å². The molecule has 1 amide bonds. The fraction of sp³-hybridized carbons (Fsp3) is 0.932. The summed E-state index contributed by atoms with van der Waals surface area (Å²) in [6.45, 7) is 5.15. The Kier molecular flexibility index (Phi) is 40.6. The minimum Gasteiger partial charge on any atom is -0.389 e. The SMILES string of the molecule is CCCCCCCCCCCCCC=CC(O)CCNC(=O)CCCCCCCCCCCCCCCCCCCCCCCCC. The lowest BCUT2D eigenvalue weighted by atomic mass is 10.0. The smallest absolute Gasteiger partial charge is 0.219 e. The van der Waals surface area contributed by atoms with Crippen LogP contribution in [-0.4, -0.2) is 23.7 Å². The summed E-state index contributed by atoms with van der Waals surface area (Å²) in [5.41, 5.74) is 0. The highest BCUT2D eigenvalue weighted by molar-refractivity contribution is 5.75. The van der Waals surface area contributed by atoms with E-state index in [0.29, 0.717) is 19.4 Å². The Hall–Kier alpha value is -0.830. The number of allylic oxidation sites excluding steroid dienone is 1. The normalized spacial score (nSPS) is 12.3. The predicted octanol–water partition coefficient (Wildman–Crippen LogP) is 14.5. The first-order valence-corrected chi connectivity index (χ1v) is 21.8. The number of amides is 1. The average molecular weight is 662 g/mol. The Morgan fingerprint density at radius 3 is 1.11 bits per heavy atom. The molecule has 0 saturated heterocycles. The highest BCUT2D eigenvalue weighted by Gasteiger charge is 2.04. The number of carbonyl (C=O) groups is 1. The monoisotopic (exact) mass is 662 g/mol. The molecule has 0 fully saturated rings. The van der Waals surface area contributed by atoms with Gasteiger partial charge in [-0.05, 0) is 25.7 Å². The summed E-state index contributed by atoms with van der Waals surface area (Å²) in [5, 5.41) is 13.2. The third-order valence-corrected chi connectivity index (χ3v) is 10.1. The van der Waals surface area contributed by atoms with Gasteiger partial charge in [0.1, 0.15) is 0 Å². The number of hydrogen-bond donors (Lipinski definition) is 2. The van der Waals surface area contributed by atoms with Crippen LogP contribution < -0.4 is 5.32 Å². The molecule has 0 aromatic rings. The van der Waals surface area contributed by atoms with Crippen LogP contribution in [0.15, 0.2) is 12.2 Å². The van der Waals surface area contributed by atoms with Crippen LogP contribution in [0.2, 0.25) is 0 Å². The van der Waals surface area contributed by atoms with Crippen molar-refractivity contribution in [3.63, 3.8) is 0 Å². The molecule has 0 aromatic carbocycles. The second-order valence-electron chi connectivity index (χ2n) is 15.0. The predicted molar refractivity (Wildman–Crippen MR) is 210 cm³/mol. The lowest BCUT2D eigenvalue weighted by Gasteiger charge is -2.08. The van der Waals surface area contributed by atoms with Crippen LogP contribution in [-0.2, 0) is 4.79 Å². The molecule has 0 rings (SSSR count). The van der Waals surface area contributed by atoms with E-state index in [1.165, 1.54) is 205 Å². The van der Waals surface area contributed by atoms with Gasteiger partial charge in [-0.1, -0.05) is 231 Å². The maximum absolute atomic E-state index is 12.1. The van der Waals surface area contributed by atoms with Crippen LogP contribution in [0.4, 0.5) is 0 Å². The molecule has 0 aromatic heterocycles. The molecule has 0 aliphatic rings. The van der Waals surface area contributed by atoms with E-state index in [-0.39, 0.29) is 5.91 Å². The van der Waals surface area contributed by atoms with Gasteiger partial charge in [0.05, 0.1) is 6.10 Å². The van der Waals surface area contributed by atoms with Gasteiger partial charge >= 0.3 is 0 Å². The van der Waals surface area contributed by atoms with Crippen LogP contribution in [0.1, 0.15) is 251 Å². The second kappa shape index (κ2) is 41.3. The standard InChI is InChI=1S/C44H87NO2/c1-3-5-7-9-11-13-15-17-18-19-20-21-22-23-24-25-26-28-30-32-34-36-38-40-44(47)45-42-41-43(46)39-37-35-33-31-29-27-16-14-12-10-8-6-4-2/h37,39,43,46H,3-36,38,40-42H2,1-2H3,(H,45,47). The largest absolute Gasteiger partial charge is 0.389 e. The fourth-order valence-electron chi connectivity index (χ4n) is 6.79. The summed E-state index contributed by atoms with van der Waals surface area (Å²) < 4.78 is 0. The number of rotatable bonds is 40. The zero-order valence-corrected chi connectivity index (χ0v) is 32.5. The molecule has 3 nitrogen and oxygen atoms in total. The summed E-state index contributed by atoms with van der Waals surface area (Å²) in [6.07, 6.45) is 52.9. The molecule has 0 aliphatic carbocycles. The molecular weight excluding hydrogens is 574 g/mol. The Labute approximate surface area is 296 Å². The Bertz CT molecular complexity index is 618. The third kappa shape index (κ3) is 41.3. The van der Waals surface area contributed by atoms with Crippen molar-refractivity contribution in [1.82, 2.24) is 5.32 Å². The van der Waals surface area contributed by atoms with Crippen molar-refractivity contribution in [3.05, 3.63) is 12.2 Å². The zero-order valence-electron chi connectivity index (χ0n) is 32.5. The van der Waals surface area contributed by atoms with Crippen molar-refractivity contribution in [3.8, 4) is 0 Å². The van der Waals surface area contributed by atoms with Crippen molar-refractivity contribution >= 4 is 5.91 Å². The van der Waals surface area contributed by atoms with Gasteiger partial charge in [-0.15, -0.1) is 0 Å². The first kappa shape index (κ1) is 46.2. The van der Waals surface area contributed by atoms with E-state index in [0.717, 1.165) is 19.3 Å². The van der Waals surface area contributed by atoms with Crippen molar-refractivity contribution in [2.24, 2.45) is 0 Å². The molecular formula is C44H87NO2. The van der Waals surface area contributed by atoms with Crippen LogP contribution in [0.25, 0.3) is 0 Å². The Balaban J connectivity index is 3.28. The van der Waals surface area contributed by atoms with Crippen molar-refractivity contribution in [2.45, 2.75) is 258 Å². The van der Waals surface area contributed by atoms with Gasteiger partial charge in [-0.25, -0.2) is 0 Å². The van der Waals surface area contributed by atoms with Crippen molar-refractivity contribution < 1.29 is 9.90 Å². The van der Waals surface area contributed by atoms with E-state index in [1.807, 2.05) is 6.08 Å². The van der Waals surface area contributed by atoms with Crippen LogP contribution in [0, 0.1) is 0 Å². The molecule has 0 radical (unpaired) electrons. The minimum atomic E-state index is -0.442. The van der Waals surface area contributed by atoms with Gasteiger partial charge < -0.3 is 10.4 Å². The van der Waals surface area contributed by atoms with Crippen LogP contribution in [0.3, 0.4) is 0 Å². The molecule has 0 spiro atoms. The summed E-state index contributed by atoms with van der Waals surface area (Å²) in [4.78, 5) is 12.1. The molecule has 1 atom stereocenters. The lowest BCUT2D eigenvalue weighted by Crippen LogP contribution is -2.26. The molecule has 0 saturated carbocycles. The van der Waals surface area contributed by atoms with E-state index >= 15 is 0 Å². The highest BCUT2D eigenvalue weighted by atomic mass is 16.3. The number of unbranched alkanes of at least 4 members (excludes halogenated alkanes) is 33. The van der Waals surface area contributed by atoms with E-state index in [1.54, 1.807) is 0 Å². The van der Waals surface area contributed by atoms with E-state index in [9.17, 15) is 9.90 Å². The lowest BCUT2D eigenvalue weighted by molar-refractivity contribution is -0.121. The summed E-state index contributed by atoms with van der Waals surface area (Å²) >= 11 is 0. The molecule has 0 aliphatic heterocycles. The molecule has 3 heteroatoms. The molecule has 47 heavy (non-hydrogen) atoms. The third-order valence-electron chi connectivity index (χ3n) is 10.1. The molecule has 1 unspecified atom stereocenters. The van der Waals surface area contributed by atoms with E-state index in [4.69, 9.17) is 0 Å². The molecule has 0 bridgehead atoms. The Morgan fingerprint density at radius 2 is 0.766 bits per heavy atom. The van der Waals surface area contributed by atoms with E-state index < -0.39 is 6.10 Å². The number of carbonyl (C=O) groups excluding carboxylic acids is 1. The summed E-state index contributed by atoms with van der Waals surface area (Å²) in [6, 6.07) is 0. The molecule has 280 valence electrons. The van der Waals surface area contributed by atoms with Gasteiger partial charge in [0.2, 0.25) is 5.91 Å². The highest BCUT2D eigenvalue weighted by Crippen LogP contribution is 2.16. The summed E-state index contributed by atoms with van der Waals surface area (Å²) in [5.74, 6) is 0.144. The maximum Gasteiger partial charge on any atom is 0.219 e. The van der Waals surface area contributed by atoms with E-state index in [2.05, 4.69) is 25.2 Å². The number of aliphatic hydroxyl groups is 1. The Morgan fingerprint density at radius 1 is 0.468 bits per heavy atom. The first-order chi connectivity index (χ1) is 23.2. The second-order valence-corrected chi connectivity index (χ2v) is 15.0. The quantitative estimate of drug-likeness (QED) is 0.0507. The maximum atomic E-state index is 12.1. The first-order valence-electron chi connectivity index (χ1n) is 21.8. The van der Waals surface area contributed by atoms with Crippen molar-refractivity contribution in [2.75, 3.05) is 6.54 Å². The minimum absolute atomic E-state index is 0.144. The summed E-state index contributed by atoms with van der Waals surface area (Å²) in [7, 11) is 0. The average Bonchev–Trinajstić information content (AvgIpc) is 3.07. The van der Waals surface area contributed by atoms with Gasteiger partial charge in [0.15, 0.2) is 0 Å². The van der Waals surface area contributed by atoms with Crippen molar-refractivity contribution in [1.29, 1.82) is 0 Å². The topological polar surface area (TPSA) is 49.3 Å². The number of hydrogen-bond acceptors (Lipinski definition) is 2. The fourth-order valence-corrected chi connectivity index (χ4v) is 6.79. The van der Waals surface area contributed by atoms with Crippen LogP contribution >= 0.6 is 0 Å². The molecule has 2 N–H and O–H groups in total. The number of nitrogens with one attached hydrogen (secondary N) is 1. The van der Waals surface area contributed by atoms with Gasteiger partial charge in [-0.3, -0.25) is 4.79 Å². The van der Waals surface area contributed by atoms with Gasteiger partial charge in [0.25, 0.3) is 0 Å². The zero-order chi connectivity index (χ0) is 34.1. The number of aliphatic hydroxyl groups excluding tert-OH is 1. The van der Waals surface area contributed by atoms with Gasteiger partial charge in [0, 0.05) is 13.0 Å².